The topological polar surface area (TPSA) is 12.9 Å². The van der Waals surface area contributed by atoms with Crippen molar-refractivity contribution in [1.29, 1.82) is 0 Å². The molecule has 1 heterocycles. The Labute approximate surface area is 51.0 Å². The molecular weight excluding hydrogens is 130 g/mol. The average Bonchev–Trinajstić information content (AvgIpc) is 2.14. The molecule has 0 amide bonds. The Balaban J connectivity index is 2.76. The first-order chi connectivity index (χ1) is 3.43. The van der Waals surface area contributed by atoms with E-state index in [1.54, 1.807) is 11.7 Å². The Morgan fingerprint density at radius 2 is 2.71 bits per heavy atom. The normalized spacial score (nSPS) is 9.29. The van der Waals surface area contributed by atoms with Gasteiger partial charge in [0.2, 0.25) is 0 Å². The van der Waals surface area contributed by atoms with E-state index in [4.69, 9.17) is 11.6 Å². The van der Waals surface area contributed by atoms with E-state index in [0.717, 1.165) is 4.88 Å². The average molecular weight is 133 g/mol. The molecule has 0 unspecified atom stereocenters. The molecule has 0 bridgehead atoms. The van der Waals surface area contributed by atoms with Crippen molar-refractivity contribution in [2.45, 2.75) is 0 Å². The molecule has 0 atom stereocenters. The van der Waals surface area contributed by atoms with Crippen LogP contribution in [0.3, 0.4) is 0 Å². The summed E-state index contributed by atoms with van der Waals surface area (Å²) in [6.45, 7) is 0. The van der Waals surface area contributed by atoms with Crippen LogP contribution in [0.15, 0.2) is 11.7 Å². The Morgan fingerprint density at radius 3 is 3.00 bits per heavy atom. The standard InChI is InChI=1S/C4H3ClNS/c5-1-4-2-6-3-7-4/h1-3H. The summed E-state index contributed by atoms with van der Waals surface area (Å²) in [5, 5.41) is 0. The molecule has 3 heteroatoms. The monoisotopic (exact) mass is 132 g/mol. The summed E-state index contributed by atoms with van der Waals surface area (Å²) in [6, 6.07) is 0. The number of thiazole rings is 1. The predicted octanol–water partition coefficient (Wildman–Crippen LogP) is 1.89. The van der Waals surface area contributed by atoms with Crippen LogP contribution >= 0.6 is 22.9 Å². The molecule has 0 aliphatic carbocycles. The third-order valence-electron chi connectivity index (χ3n) is 0.559. The van der Waals surface area contributed by atoms with E-state index < -0.39 is 0 Å². The molecule has 0 aliphatic heterocycles. The highest BCUT2D eigenvalue weighted by Gasteiger charge is 1.86. The van der Waals surface area contributed by atoms with Gasteiger partial charge in [-0.2, -0.15) is 0 Å². The molecule has 1 radical (unpaired) electrons. The quantitative estimate of drug-likeness (QED) is 0.569. The first-order valence-electron chi connectivity index (χ1n) is 1.75. The minimum absolute atomic E-state index is 1.00. The van der Waals surface area contributed by atoms with Crippen molar-refractivity contribution in [3.63, 3.8) is 0 Å². The first-order valence-corrected chi connectivity index (χ1v) is 3.07. The smallest absolute Gasteiger partial charge is 0.0907 e. The van der Waals surface area contributed by atoms with Crippen molar-refractivity contribution in [1.82, 2.24) is 4.98 Å². The first kappa shape index (κ1) is 5.06. The zero-order valence-electron chi connectivity index (χ0n) is 3.47. The maximum absolute atomic E-state index is 5.31. The summed E-state index contributed by atoms with van der Waals surface area (Å²) in [6.07, 6.45) is 1.72. The molecule has 0 saturated carbocycles. The zero-order valence-corrected chi connectivity index (χ0v) is 5.04. The van der Waals surface area contributed by atoms with Crippen LogP contribution in [-0.2, 0) is 0 Å². The largest absolute Gasteiger partial charge is 0.253 e. The van der Waals surface area contributed by atoms with Crippen molar-refractivity contribution < 1.29 is 0 Å². The maximum atomic E-state index is 5.31. The molecule has 7 heavy (non-hydrogen) atoms. The summed E-state index contributed by atoms with van der Waals surface area (Å²) in [4.78, 5) is 4.80. The number of aromatic nitrogens is 1. The van der Waals surface area contributed by atoms with Crippen LogP contribution in [0.1, 0.15) is 4.88 Å². The van der Waals surface area contributed by atoms with Gasteiger partial charge in [0.1, 0.15) is 0 Å². The van der Waals surface area contributed by atoms with Gasteiger partial charge in [-0.15, -0.1) is 22.9 Å². The fourth-order valence-electron chi connectivity index (χ4n) is 0.279. The van der Waals surface area contributed by atoms with Crippen molar-refractivity contribution in [3.05, 3.63) is 22.5 Å². The highest BCUT2D eigenvalue weighted by molar-refractivity contribution is 7.10. The van der Waals surface area contributed by atoms with Gasteiger partial charge in [-0.25, -0.2) is 0 Å². The maximum Gasteiger partial charge on any atom is 0.0907 e. The van der Waals surface area contributed by atoms with E-state index >= 15 is 0 Å². The van der Waals surface area contributed by atoms with Crippen LogP contribution < -0.4 is 0 Å². The summed E-state index contributed by atoms with van der Waals surface area (Å²) >= 11 is 6.84. The fourth-order valence-corrected chi connectivity index (χ4v) is 0.907. The third kappa shape index (κ3) is 1.14. The lowest BCUT2D eigenvalue weighted by atomic mass is 10.6. The SMILES string of the molecule is Cl[CH]c1cncs1. The minimum Gasteiger partial charge on any atom is -0.253 e. The molecule has 0 N–H and O–H groups in total. The highest BCUT2D eigenvalue weighted by atomic mass is 35.5. The van der Waals surface area contributed by atoms with E-state index in [-0.39, 0.29) is 0 Å². The predicted molar refractivity (Wildman–Crippen MR) is 31.4 cm³/mol. The minimum atomic E-state index is 1.00. The van der Waals surface area contributed by atoms with Gasteiger partial charge in [0.05, 0.1) is 11.4 Å². The lowest BCUT2D eigenvalue weighted by Gasteiger charge is -1.73. The van der Waals surface area contributed by atoms with Gasteiger partial charge in [-0.3, -0.25) is 4.98 Å². The van der Waals surface area contributed by atoms with E-state index in [2.05, 4.69) is 4.98 Å². The Hall–Kier alpha value is -0.0800. The second-order valence-electron chi connectivity index (χ2n) is 1.01. The number of hydrogen-bond acceptors (Lipinski definition) is 2. The summed E-state index contributed by atoms with van der Waals surface area (Å²) < 4.78 is 0. The molecular formula is C4H3ClNS. The van der Waals surface area contributed by atoms with Crippen LogP contribution in [0.25, 0.3) is 0 Å². The van der Waals surface area contributed by atoms with E-state index in [1.807, 2.05) is 0 Å². The molecule has 0 spiro atoms. The Bertz CT molecular complexity index is 126. The van der Waals surface area contributed by atoms with Gasteiger partial charge in [0, 0.05) is 11.1 Å². The Morgan fingerprint density at radius 1 is 1.86 bits per heavy atom. The van der Waals surface area contributed by atoms with Gasteiger partial charge >= 0.3 is 0 Å². The molecule has 1 rings (SSSR count). The van der Waals surface area contributed by atoms with Gasteiger partial charge < -0.3 is 0 Å². The molecule has 1 aromatic heterocycles. The molecule has 0 saturated heterocycles. The van der Waals surface area contributed by atoms with Crippen LogP contribution in [-0.4, -0.2) is 4.98 Å². The molecule has 0 aliphatic rings. The Kier molecular flexibility index (Phi) is 1.65. The van der Waals surface area contributed by atoms with Crippen molar-refractivity contribution in [3.8, 4) is 0 Å². The number of halogens is 1. The number of nitrogens with zero attached hydrogens (tertiary/aromatic N) is 1. The highest BCUT2D eigenvalue weighted by Crippen LogP contribution is 2.09. The summed E-state index contributed by atoms with van der Waals surface area (Å²) in [7, 11) is 0. The summed E-state index contributed by atoms with van der Waals surface area (Å²) in [5.41, 5.74) is 1.74. The lowest BCUT2D eigenvalue weighted by Crippen LogP contribution is -1.57. The van der Waals surface area contributed by atoms with Crippen LogP contribution in [0.2, 0.25) is 0 Å². The second kappa shape index (κ2) is 2.28. The van der Waals surface area contributed by atoms with Gasteiger partial charge in [-0.05, 0) is 0 Å². The molecule has 0 fully saturated rings. The molecule has 1 aromatic rings. The van der Waals surface area contributed by atoms with E-state index in [0.29, 0.717) is 0 Å². The fraction of sp³-hybridized carbons (Fsp3) is 0. The molecule has 1 nitrogen and oxygen atoms in total. The molecule has 37 valence electrons. The van der Waals surface area contributed by atoms with Crippen LogP contribution in [0.5, 0.6) is 0 Å². The summed E-state index contributed by atoms with van der Waals surface area (Å²) in [5.74, 6) is 1.51. The second-order valence-corrected chi connectivity index (χ2v) is 2.15. The van der Waals surface area contributed by atoms with Crippen molar-refractivity contribution >= 4 is 22.9 Å². The van der Waals surface area contributed by atoms with Gasteiger partial charge in [0.15, 0.2) is 0 Å². The lowest BCUT2D eigenvalue weighted by molar-refractivity contribution is 1.41. The number of rotatable bonds is 1. The van der Waals surface area contributed by atoms with Crippen molar-refractivity contribution in [2.75, 3.05) is 0 Å². The molecule has 0 aromatic carbocycles. The van der Waals surface area contributed by atoms with E-state index in [9.17, 15) is 0 Å². The van der Waals surface area contributed by atoms with Crippen LogP contribution in [0, 0.1) is 5.88 Å². The van der Waals surface area contributed by atoms with Gasteiger partial charge in [0.25, 0.3) is 0 Å². The van der Waals surface area contributed by atoms with Gasteiger partial charge in [-0.1, -0.05) is 0 Å². The van der Waals surface area contributed by atoms with Crippen LogP contribution in [0.4, 0.5) is 0 Å². The van der Waals surface area contributed by atoms with E-state index in [1.165, 1.54) is 17.2 Å². The van der Waals surface area contributed by atoms with Crippen molar-refractivity contribution in [2.24, 2.45) is 0 Å². The number of hydrogen-bond donors (Lipinski definition) is 0. The third-order valence-corrected chi connectivity index (χ3v) is 1.65. The zero-order chi connectivity index (χ0) is 5.11.